The van der Waals surface area contributed by atoms with E-state index in [1.807, 2.05) is 78.9 Å². The van der Waals surface area contributed by atoms with Crippen molar-refractivity contribution < 1.29 is 19.7 Å². The smallest absolute Gasteiger partial charge is 0.156 e. The van der Waals surface area contributed by atoms with Crippen LogP contribution in [0.1, 0.15) is 48.1 Å². The molecule has 5 saturated heterocycles. The number of phenolic OH excluding ortho intramolecular Hbond substituents is 2. The summed E-state index contributed by atoms with van der Waals surface area (Å²) in [5, 5.41) is 64.9. The van der Waals surface area contributed by atoms with E-state index >= 15 is 0 Å². The highest BCUT2D eigenvalue weighted by Gasteiger charge is 2.24. The van der Waals surface area contributed by atoms with E-state index < -0.39 is 0 Å². The van der Waals surface area contributed by atoms with Crippen LogP contribution in [-0.2, 0) is 9.47 Å². The maximum Gasteiger partial charge on any atom is 0.156 e. The summed E-state index contributed by atoms with van der Waals surface area (Å²) in [4.78, 5) is 23.0. The van der Waals surface area contributed by atoms with Crippen LogP contribution in [0.4, 0.5) is 45.5 Å². The van der Waals surface area contributed by atoms with Crippen LogP contribution >= 0.6 is 0 Å². The normalized spacial score (nSPS) is 16.5. The number of anilines is 8. The van der Waals surface area contributed by atoms with Crippen molar-refractivity contribution in [3.8, 4) is 41.8 Å². The van der Waals surface area contributed by atoms with E-state index in [-0.39, 0.29) is 11.5 Å². The Morgan fingerprint density at radius 2 is 0.659 bits per heavy atom. The molecule has 5 aliphatic rings. The van der Waals surface area contributed by atoms with Crippen LogP contribution in [-0.4, -0.2) is 226 Å². The SMILES string of the molecule is C=CCN1CCN(c2cccc(C#N)c2O)CC1.CCCN1CCN(c2cccc(C#N)c2N)CC1.CCN1CCN(c2cccc(C#N)c2N)CC1.COCCN1CCN(c2cccc(C#N)c2N)CC1.COCCN1CCN(c2cccc(C#N)c2O)CC1. The summed E-state index contributed by atoms with van der Waals surface area (Å²) in [6, 6.07) is 38.0. The topological polar surface area (TPSA) is 288 Å². The van der Waals surface area contributed by atoms with E-state index in [1.54, 1.807) is 44.6 Å². The summed E-state index contributed by atoms with van der Waals surface area (Å²) in [5.74, 6) is 0.188. The van der Waals surface area contributed by atoms with Gasteiger partial charge in [-0.15, -0.1) is 6.58 Å². The van der Waals surface area contributed by atoms with Crippen molar-refractivity contribution in [2.24, 2.45) is 0 Å². The largest absolute Gasteiger partial charge is 0.504 e. The Morgan fingerprint density at radius 1 is 0.396 bits per heavy atom. The number of likely N-dealkylation sites (N-methyl/N-ethyl adjacent to an activating group) is 1. The number of nitrogens with zero attached hydrogens (tertiary/aromatic N) is 15. The second kappa shape index (κ2) is 37.9. The van der Waals surface area contributed by atoms with Gasteiger partial charge in [-0.2, -0.15) is 26.3 Å². The summed E-state index contributed by atoms with van der Waals surface area (Å²) >= 11 is 0. The molecule has 0 saturated carbocycles. The number of methoxy groups -OCH3 is 2. The minimum atomic E-state index is 0.0929. The fourth-order valence-electron chi connectivity index (χ4n) is 11.6. The lowest BCUT2D eigenvalue weighted by Crippen LogP contribution is -2.47. The highest BCUT2D eigenvalue weighted by atomic mass is 16.5. The van der Waals surface area contributed by atoms with E-state index in [9.17, 15) is 10.2 Å². The summed E-state index contributed by atoms with van der Waals surface area (Å²) in [6.07, 6.45) is 3.11. The number of para-hydroxylation sites is 5. The van der Waals surface area contributed by atoms with Crippen LogP contribution in [0.5, 0.6) is 11.5 Å². The van der Waals surface area contributed by atoms with Crippen molar-refractivity contribution >= 4 is 45.5 Å². The zero-order valence-electron chi connectivity index (χ0n) is 53.9. The number of hydrogen-bond donors (Lipinski definition) is 5. The molecule has 0 amide bonds. The first-order valence-corrected chi connectivity index (χ1v) is 31.5. The highest BCUT2D eigenvalue weighted by Crippen LogP contribution is 2.34. The fraction of sp³-hybridized carbons (Fsp3) is 0.464. The Bertz CT molecular complexity index is 3190. The molecule has 484 valence electrons. The standard InChI is InChI=1S/C14H20N4O.C14H20N4.C14H19N3O2.C14H17N3O.C13H18N4/c1-19-10-9-17-5-7-18(8-6-17)13-4-2-3-12(11-15)14(13)16;1-2-6-17-7-9-18(10-8-17)13-5-3-4-12(11-15)14(13)16;1-19-10-9-16-5-7-17(8-6-16)13-4-2-3-12(11-15)14(13)18;1-2-6-16-7-9-17(10-8-16)13-5-3-4-12(11-15)14(13)18;1-2-16-6-8-17(9-7-16)12-5-3-4-11(10-14)13(12)15/h2-4H,5-10,16H2,1H3;3-5H,2,6-10,16H2,1H3;2-4,18H,5-10H2,1H3;2-5,18H,1,6-10H2;3-5H,2,6-9,15H2,1H3. The monoisotopic (exact) mass is 1240 g/mol. The van der Waals surface area contributed by atoms with Gasteiger partial charge in [-0.3, -0.25) is 19.6 Å². The molecule has 5 fully saturated rings. The Morgan fingerprint density at radius 3 is 0.934 bits per heavy atom. The Labute approximate surface area is 540 Å². The van der Waals surface area contributed by atoms with Crippen LogP contribution in [0.15, 0.2) is 104 Å². The lowest BCUT2D eigenvalue weighted by Gasteiger charge is -2.36. The quantitative estimate of drug-likeness (QED) is 0.0523. The van der Waals surface area contributed by atoms with Gasteiger partial charge in [0.15, 0.2) is 11.5 Å². The average Bonchev–Trinajstić information content (AvgIpc) is 2.36. The van der Waals surface area contributed by atoms with Gasteiger partial charge in [0.25, 0.3) is 0 Å². The maximum atomic E-state index is 10.1. The van der Waals surface area contributed by atoms with Crippen molar-refractivity contribution in [1.82, 2.24) is 24.5 Å². The van der Waals surface area contributed by atoms with Gasteiger partial charge in [0.1, 0.15) is 30.3 Å². The number of ether oxygens (including phenoxy) is 2. The maximum absolute atomic E-state index is 10.1. The molecule has 0 spiro atoms. The third kappa shape index (κ3) is 20.5. The van der Waals surface area contributed by atoms with Gasteiger partial charge in [0.2, 0.25) is 0 Å². The molecule has 22 heteroatoms. The van der Waals surface area contributed by atoms with Gasteiger partial charge in [-0.05, 0) is 80.2 Å². The first kappa shape index (κ1) is 71.1. The zero-order chi connectivity index (χ0) is 65.5. The molecule has 22 nitrogen and oxygen atoms in total. The molecule has 91 heavy (non-hydrogen) atoms. The van der Waals surface area contributed by atoms with Crippen LogP contribution in [0.3, 0.4) is 0 Å². The predicted molar refractivity (Wildman–Crippen MR) is 366 cm³/mol. The molecule has 5 aliphatic heterocycles. The number of benzene rings is 5. The number of nitrogens with two attached hydrogens (primary N) is 3. The number of rotatable bonds is 16. The second-order valence-electron chi connectivity index (χ2n) is 22.6. The van der Waals surface area contributed by atoms with Gasteiger partial charge in [0, 0.05) is 165 Å². The summed E-state index contributed by atoms with van der Waals surface area (Å²) in [7, 11) is 3.44. The number of hydrogen-bond acceptors (Lipinski definition) is 22. The fourth-order valence-corrected chi connectivity index (χ4v) is 11.6. The number of piperazine rings is 5. The van der Waals surface area contributed by atoms with E-state index in [0.717, 1.165) is 199 Å². The lowest BCUT2D eigenvalue weighted by molar-refractivity contribution is 0.144. The third-order valence-electron chi connectivity index (χ3n) is 17.0. The van der Waals surface area contributed by atoms with Crippen LogP contribution in [0, 0.1) is 56.7 Å². The van der Waals surface area contributed by atoms with Gasteiger partial charge >= 0.3 is 0 Å². The molecule has 5 aromatic carbocycles. The van der Waals surface area contributed by atoms with E-state index in [2.05, 4.69) is 87.6 Å². The van der Waals surface area contributed by atoms with Crippen LogP contribution in [0.25, 0.3) is 0 Å². The molecule has 8 N–H and O–H groups in total. The molecule has 5 heterocycles. The molecule has 10 rings (SSSR count). The van der Waals surface area contributed by atoms with Crippen molar-refractivity contribution in [2.45, 2.75) is 20.3 Å². The molecular weight excluding hydrogens is 1140 g/mol. The minimum absolute atomic E-state index is 0.0929. The molecule has 0 unspecified atom stereocenters. The highest BCUT2D eigenvalue weighted by molar-refractivity contribution is 5.76. The summed E-state index contributed by atoms with van der Waals surface area (Å²) in [5.41, 5.74) is 26.8. The second-order valence-corrected chi connectivity index (χ2v) is 22.6. The number of nitrogen functional groups attached to an aromatic ring is 3. The lowest BCUT2D eigenvalue weighted by atomic mass is 10.1. The number of nitriles is 5. The third-order valence-corrected chi connectivity index (χ3v) is 17.0. The molecule has 0 atom stereocenters. The van der Waals surface area contributed by atoms with E-state index in [4.69, 9.17) is 53.0 Å². The van der Waals surface area contributed by atoms with E-state index in [1.165, 1.54) is 13.0 Å². The average molecular weight is 1240 g/mol. The molecule has 0 bridgehead atoms. The summed E-state index contributed by atoms with van der Waals surface area (Å²) < 4.78 is 10.2. The van der Waals surface area contributed by atoms with E-state index in [0.29, 0.717) is 44.9 Å². The minimum Gasteiger partial charge on any atom is -0.504 e. The number of phenols is 2. The van der Waals surface area contributed by atoms with Crippen LogP contribution in [0.2, 0.25) is 0 Å². The predicted octanol–water partition coefficient (Wildman–Crippen LogP) is 6.47. The molecule has 5 aromatic rings. The first-order valence-electron chi connectivity index (χ1n) is 31.5. The number of aromatic hydroxyl groups is 2. The van der Waals surface area contributed by atoms with Gasteiger partial charge in [-0.1, -0.05) is 50.3 Å². The molecule has 0 aliphatic carbocycles. The van der Waals surface area contributed by atoms with Gasteiger partial charge in [-0.25, -0.2) is 0 Å². The first-order chi connectivity index (χ1) is 44.3. The van der Waals surface area contributed by atoms with Gasteiger partial charge in [0.05, 0.1) is 86.5 Å². The van der Waals surface area contributed by atoms with Crippen molar-refractivity contribution in [3.63, 3.8) is 0 Å². The Balaban J connectivity index is 0.000000181. The zero-order valence-corrected chi connectivity index (χ0v) is 53.9. The van der Waals surface area contributed by atoms with Crippen molar-refractivity contribution in [2.75, 3.05) is 233 Å². The van der Waals surface area contributed by atoms with Crippen molar-refractivity contribution in [3.05, 3.63) is 131 Å². The van der Waals surface area contributed by atoms with Gasteiger partial charge < -0.3 is 66.3 Å². The molecule has 0 aromatic heterocycles. The Kier molecular flexibility index (Phi) is 29.6. The van der Waals surface area contributed by atoms with Crippen LogP contribution < -0.4 is 41.7 Å². The molecular formula is C69H94N18O4. The summed E-state index contributed by atoms with van der Waals surface area (Å²) in [6.45, 7) is 34.0. The molecule has 0 radical (unpaired) electrons. The Hall–Kier alpha value is -8.99. The van der Waals surface area contributed by atoms with Crippen molar-refractivity contribution in [1.29, 1.82) is 26.3 Å².